The van der Waals surface area contributed by atoms with Crippen LogP contribution in [-0.4, -0.2) is 22.9 Å². The summed E-state index contributed by atoms with van der Waals surface area (Å²) < 4.78 is 10.8. The van der Waals surface area contributed by atoms with Gasteiger partial charge in [0.15, 0.2) is 17.8 Å². The molecule has 1 heterocycles. The van der Waals surface area contributed by atoms with E-state index in [4.69, 9.17) is 14.6 Å². The average Bonchev–Trinajstić information content (AvgIpc) is 2.57. The maximum absolute atomic E-state index is 9.27. The fraction of sp³-hybridized carbons (Fsp3) is 0.400. The van der Waals surface area contributed by atoms with Crippen molar-refractivity contribution in [1.29, 1.82) is 0 Å². The molecular formula is C10H12O4. The minimum Gasteiger partial charge on any atom is -0.504 e. The van der Waals surface area contributed by atoms with E-state index in [1.165, 1.54) is 12.1 Å². The van der Waals surface area contributed by atoms with Crippen LogP contribution in [0.25, 0.3) is 0 Å². The molecule has 2 rings (SSSR count). The van der Waals surface area contributed by atoms with Gasteiger partial charge in [-0.25, -0.2) is 0 Å². The molecule has 76 valence electrons. The van der Waals surface area contributed by atoms with Crippen molar-refractivity contribution in [2.75, 3.05) is 6.61 Å². The van der Waals surface area contributed by atoms with Crippen molar-refractivity contribution in [3.63, 3.8) is 0 Å². The standard InChI is InChI=1S/C10H12O4/c1-6-5-13-10(14-6)7-2-3-8(11)9(12)4-7/h2-4,6,10-12H,5H2,1H3. The highest BCUT2D eigenvalue weighted by Gasteiger charge is 2.24. The second-order valence-corrected chi connectivity index (χ2v) is 3.36. The third-order valence-electron chi connectivity index (χ3n) is 2.11. The van der Waals surface area contributed by atoms with Crippen LogP contribution in [0.15, 0.2) is 18.2 Å². The summed E-state index contributed by atoms with van der Waals surface area (Å²) in [6, 6.07) is 4.52. The van der Waals surface area contributed by atoms with Crippen LogP contribution >= 0.6 is 0 Å². The zero-order valence-corrected chi connectivity index (χ0v) is 7.80. The SMILES string of the molecule is CC1COC(c2ccc(O)c(O)c2)O1. The number of benzene rings is 1. The first kappa shape index (κ1) is 9.30. The maximum Gasteiger partial charge on any atom is 0.184 e. The Kier molecular flexibility index (Phi) is 2.31. The first-order valence-corrected chi connectivity index (χ1v) is 4.46. The molecule has 0 aliphatic carbocycles. The van der Waals surface area contributed by atoms with Gasteiger partial charge >= 0.3 is 0 Å². The first-order valence-electron chi connectivity index (χ1n) is 4.46. The van der Waals surface area contributed by atoms with Crippen LogP contribution in [0.1, 0.15) is 18.8 Å². The molecule has 1 aromatic carbocycles. The predicted octanol–water partition coefficient (Wildman–Crippen LogP) is 1.53. The Bertz CT molecular complexity index is 337. The molecule has 1 aliphatic rings. The lowest BCUT2D eigenvalue weighted by Crippen LogP contribution is -2.02. The van der Waals surface area contributed by atoms with Crippen molar-refractivity contribution in [3.05, 3.63) is 23.8 Å². The zero-order valence-electron chi connectivity index (χ0n) is 7.80. The van der Waals surface area contributed by atoms with E-state index in [0.717, 1.165) is 0 Å². The number of hydrogen-bond acceptors (Lipinski definition) is 4. The number of ether oxygens (including phenoxy) is 2. The van der Waals surface area contributed by atoms with Crippen LogP contribution in [0, 0.1) is 0 Å². The van der Waals surface area contributed by atoms with Crippen molar-refractivity contribution in [2.45, 2.75) is 19.3 Å². The Morgan fingerprint density at radius 1 is 1.29 bits per heavy atom. The molecule has 0 spiro atoms. The molecule has 0 bridgehead atoms. The summed E-state index contributed by atoms with van der Waals surface area (Å²) >= 11 is 0. The Labute approximate surface area is 81.7 Å². The predicted molar refractivity (Wildman–Crippen MR) is 49.0 cm³/mol. The lowest BCUT2D eigenvalue weighted by atomic mass is 10.2. The Morgan fingerprint density at radius 2 is 2.07 bits per heavy atom. The van der Waals surface area contributed by atoms with Crippen molar-refractivity contribution in [1.82, 2.24) is 0 Å². The number of rotatable bonds is 1. The molecule has 2 N–H and O–H groups in total. The van der Waals surface area contributed by atoms with Crippen LogP contribution in [-0.2, 0) is 9.47 Å². The summed E-state index contributed by atoms with van der Waals surface area (Å²) in [5.74, 6) is -0.297. The van der Waals surface area contributed by atoms with E-state index in [0.29, 0.717) is 12.2 Å². The van der Waals surface area contributed by atoms with Crippen LogP contribution in [0.2, 0.25) is 0 Å². The summed E-state index contributed by atoms with van der Waals surface area (Å²) in [6.07, 6.45) is -0.368. The molecule has 14 heavy (non-hydrogen) atoms. The molecule has 1 aromatic rings. The minimum atomic E-state index is -0.434. The van der Waals surface area contributed by atoms with E-state index in [1.54, 1.807) is 6.07 Å². The molecule has 0 radical (unpaired) electrons. The van der Waals surface area contributed by atoms with Gasteiger partial charge in [0.05, 0.1) is 12.7 Å². The zero-order chi connectivity index (χ0) is 10.1. The van der Waals surface area contributed by atoms with Gasteiger partial charge < -0.3 is 19.7 Å². The van der Waals surface area contributed by atoms with E-state index in [9.17, 15) is 5.11 Å². The number of phenolic OH excluding ortho intramolecular Hbond substituents is 2. The quantitative estimate of drug-likeness (QED) is 0.669. The molecule has 2 unspecified atom stereocenters. The smallest absolute Gasteiger partial charge is 0.184 e. The van der Waals surface area contributed by atoms with Gasteiger partial charge in [0.2, 0.25) is 0 Å². The number of phenols is 2. The summed E-state index contributed by atoms with van der Waals surface area (Å²) in [5, 5.41) is 18.4. The maximum atomic E-state index is 9.27. The van der Waals surface area contributed by atoms with Gasteiger partial charge in [-0.2, -0.15) is 0 Å². The first-order chi connectivity index (χ1) is 6.66. The fourth-order valence-corrected chi connectivity index (χ4v) is 1.37. The molecule has 2 atom stereocenters. The Morgan fingerprint density at radius 3 is 2.64 bits per heavy atom. The third kappa shape index (κ3) is 1.66. The highest BCUT2D eigenvalue weighted by atomic mass is 16.7. The molecule has 1 fully saturated rings. The van der Waals surface area contributed by atoms with E-state index in [1.807, 2.05) is 6.92 Å². The molecule has 1 aliphatic heterocycles. The molecule has 0 amide bonds. The van der Waals surface area contributed by atoms with Crippen molar-refractivity contribution in [2.24, 2.45) is 0 Å². The van der Waals surface area contributed by atoms with E-state index < -0.39 is 6.29 Å². The summed E-state index contributed by atoms with van der Waals surface area (Å²) in [6.45, 7) is 2.46. The van der Waals surface area contributed by atoms with Gasteiger partial charge in [-0.15, -0.1) is 0 Å². The highest BCUT2D eigenvalue weighted by Crippen LogP contribution is 2.32. The van der Waals surface area contributed by atoms with Gasteiger partial charge in [0.25, 0.3) is 0 Å². The van der Waals surface area contributed by atoms with Gasteiger partial charge in [-0.3, -0.25) is 0 Å². The van der Waals surface area contributed by atoms with E-state index in [2.05, 4.69) is 0 Å². The molecule has 4 heteroatoms. The average molecular weight is 196 g/mol. The van der Waals surface area contributed by atoms with Gasteiger partial charge in [0.1, 0.15) is 0 Å². The number of hydrogen-bond donors (Lipinski definition) is 2. The Hall–Kier alpha value is -1.26. The van der Waals surface area contributed by atoms with Crippen molar-refractivity contribution in [3.8, 4) is 11.5 Å². The topological polar surface area (TPSA) is 58.9 Å². The van der Waals surface area contributed by atoms with Crippen LogP contribution in [0.3, 0.4) is 0 Å². The molecule has 0 aromatic heterocycles. The minimum absolute atomic E-state index is 0.0657. The molecular weight excluding hydrogens is 184 g/mol. The van der Waals surface area contributed by atoms with Crippen LogP contribution < -0.4 is 0 Å². The molecule has 4 nitrogen and oxygen atoms in total. The fourth-order valence-electron chi connectivity index (χ4n) is 1.37. The van der Waals surface area contributed by atoms with Crippen molar-refractivity contribution >= 4 is 0 Å². The van der Waals surface area contributed by atoms with Gasteiger partial charge in [-0.1, -0.05) is 6.07 Å². The number of aromatic hydroxyl groups is 2. The normalized spacial score (nSPS) is 26.6. The second kappa shape index (κ2) is 3.48. The van der Waals surface area contributed by atoms with Crippen LogP contribution in [0.5, 0.6) is 11.5 Å². The largest absolute Gasteiger partial charge is 0.504 e. The molecule has 0 saturated carbocycles. The lowest BCUT2D eigenvalue weighted by molar-refractivity contribution is -0.0573. The summed E-state index contributed by atoms with van der Waals surface area (Å²) in [4.78, 5) is 0. The van der Waals surface area contributed by atoms with Crippen LogP contribution in [0.4, 0.5) is 0 Å². The van der Waals surface area contributed by atoms with E-state index in [-0.39, 0.29) is 17.6 Å². The lowest BCUT2D eigenvalue weighted by Gasteiger charge is -2.10. The summed E-state index contributed by atoms with van der Waals surface area (Å²) in [7, 11) is 0. The van der Waals surface area contributed by atoms with Gasteiger partial charge in [-0.05, 0) is 19.1 Å². The Balaban J connectivity index is 2.20. The van der Waals surface area contributed by atoms with Gasteiger partial charge in [0, 0.05) is 5.56 Å². The monoisotopic (exact) mass is 196 g/mol. The van der Waals surface area contributed by atoms with Crippen molar-refractivity contribution < 1.29 is 19.7 Å². The second-order valence-electron chi connectivity index (χ2n) is 3.36. The summed E-state index contributed by atoms with van der Waals surface area (Å²) in [5.41, 5.74) is 0.713. The highest BCUT2D eigenvalue weighted by molar-refractivity contribution is 5.40. The molecule has 1 saturated heterocycles. The van der Waals surface area contributed by atoms with E-state index >= 15 is 0 Å². The third-order valence-corrected chi connectivity index (χ3v) is 2.11.